The number of halogens is 5. The second kappa shape index (κ2) is 8.84. The number of aryl methyl sites for hydroxylation is 2. The smallest absolute Gasteiger partial charge is 0.205 e. The summed E-state index contributed by atoms with van der Waals surface area (Å²) in [5, 5.41) is 0. The van der Waals surface area contributed by atoms with Crippen LogP contribution in [-0.2, 0) is 20.3 Å². The fraction of sp³-hybridized carbons (Fsp3) is 0.385. The van der Waals surface area contributed by atoms with Gasteiger partial charge in [0.25, 0.3) is 0 Å². The monoisotopic (exact) mass is 464 g/mol. The molecule has 0 saturated carbocycles. The van der Waals surface area contributed by atoms with Crippen LogP contribution in [0.5, 0.6) is 0 Å². The Bertz CT molecular complexity index is 1130. The van der Waals surface area contributed by atoms with E-state index >= 15 is 8.78 Å². The first-order valence-corrected chi connectivity index (χ1v) is 10.8. The Kier molecular flexibility index (Phi) is 6.65. The van der Waals surface area contributed by atoms with E-state index in [2.05, 4.69) is 0 Å². The van der Waals surface area contributed by atoms with E-state index < -0.39 is 23.4 Å². The Balaban J connectivity index is 2.51. The van der Waals surface area contributed by atoms with Gasteiger partial charge in [-0.2, -0.15) is 13.2 Å². The highest BCUT2D eigenvalue weighted by molar-refractivity contribution is 5.76. The summed E-state index contributed by atoms with van der Waals surface area (Å²) in [6.45, 7) is 9.24. The molecule has 3 aromatic rings. The SMILES string of the molecule is Cc1c(-c2cc(C(C)C)cc[n+]2C)c(F)c(C(F)(F)F)c(F)c1-c1cc(C(C)C)cc[n+]1C. The summed E-state index contributed by atoms with van der Waals surface area (Å²) in [6, 6.07) is 7.01. The molecule has 3 rings (SSSR count). The average molecular weight is 465 g/mol. The van der Waals surface area contributed by atoms with Crippen LogP contribution in [0.25, 0.3) is 22.5 Å². The van der Waals surface area contributed by atoms with Gasteiger partial charge in [-0.1, -0.05) is 27.7 Å². The summed E-state index contributed by atoms with van der Waals surface area (Å²) in [7, 11) is 3.27. The number of alkyl halides is 3. The van der Waals surface area contributed by atoms with Crippen LogP contribution in [0.3, 0.4) is 0 Å². The third-order valence-electron chi connectivity index (χ3n) is 6.10. The van der Waals surface area contributed by atoms with Gasteiger partial charge in [0, 0.05) is 24.3 Å². The van der Waals surface area contributed by atoms with Crippen LogP contribution >= 0.6 is 0 Å². The summed E-state index contributed by atoms with van der Waals surface area (Å²) in [4.78, 5) is 0. The number of hydrogen-bond acceptors (Lipinski definition) is 0. The molecule has 0 N–H and O–H groups in total. The van der Waals surface area contributed by atoms with Crippen molar-refractivity contribution in [3.63, 3.8) is 0 Å². The molecule has 33 heavy (non-hydrogen) atoms. The highest BCUT2D eigenvalue weighted by Crippen LogP contribution is 2.43. The normalized spacial score (nSPS) is 12.2. The molecule has 0 radical (unpaired) electrons. The molecule has 2 nitrogen and oxygen atoms in total. The molecule has 0 fully saturated rings. The Morgan fingerprint density at radius 1 is 0.727 bits per heavy atom. The molecule has 0 aliphatic heterocycles. The Hall–Kier alpha value is -2.83. The van der Waals surface area contributed by atoms with E-state index in [0.717, 1.165) is 11.1 Å². The third kappa shape index (κ3) is 4.50. The summed E-state index contributed by atoms with van der Waals surface area (Å²) in [6.07, 6.45) is -1.84. The number of benzene rings is 1. The van der Waals surface area contributed by atoms with Crippen molar-refractivity contribution < 1.29 is 31.1 Å². The molecule has 0 aliphatic rings. The highest BCUT2D eigenvalue weighted by atomic mass is 19.4. The Morgan fingerprint density at radius 2 is 1.09 bits per heavy atom. The molecule has 2 heterocycles. The lowest BCUT2D eigenvalue weighted by atomic mass is 9.90. The number of rotatable bonds is 4. The zero-order chi connectivity index (χ0) is 24.8. The van der Waals surface area contributed by atoms with Crippen molar-refractivity contribution in [2.24, 2.45) is 14.1 Å². The zero-order valence-corrected chi connectivity index (χ0v) is 19.9. The second-order valence-electron chi connectivity index (χ2n) is 9.10. The minimum Gasteiger partial charge on any atom is -0.205 e. The van der Waals surface area contributed by atoms with Gasteiger partial charge >= 0.3 is 6.18 Å². The minimum absolute atomic E-state index is 0.0795. The van der Waals surface area contributed by atoms with E-state index in [1.54, 1.807) is 47.8 Å². The molecule has 1 aromatic carbocycles. The maximum Gasteiger partial charge on any atom is 0.422 e. The van der Waals surface area contributed by atoms with Gasteiger partial charge in [-0.05, 0) is 35.4 Å². The molecule has 0 amide bonds. The van der Waals surface area contributed by atoms with Crippen molar-refractivity contribution >= 4 is 0 Å². The van der Waals surface area contributed by atoms with Gasteiger partial charge in [0.15, 0.2) is 24.0 Å². The van der Waals surface area contributed by atoms with E-state index in [1.807, 2.05) is 39.8 Å². The molecular formula is C26H29F5N2+2. The lowest BCUT2D eigenvalue weighted by Gasteiger charge is -2.18. The van der Waals surface area contributed by atoms with Crippen molar-refractivity contribution in [3.05, 3.63) is 70.5 Å². The molecule has 0 bridgehead atoms. The van der Waals surface area contributed by atoms with E-state index in [0.29, 0.717) is 0 Å². The standard InChI is InChI=1S/C26H29F5N2/c1-14(2)17-8-10-32(6)19(12-17)21-16(5)22(25(28)23(24(21)27)26(29,30)31)20-13-18(15(3)4)9-11-33(20)7/h8-15H,1-7H3/q+2. The number of pyridine rings is 2. The summed E-state index contributed by atoms with van der Waals surface area (Å²) in [5.74, 6) is -3.03. The van der Waals surface area contributed by atoms with Gasteiger partial charge in [-0.25, -0.2) is 17.9 Å². The maximum atomic E-state index is 15.5. The largest absolute Gasteiger partial charge is 0.422 e. The molecule has 176 valence electrons. The lowest BCUT2D eigenvalue weighted by molar-refractivity contribution is -0.660. The summed E-state index contributed by atoms with van der Waals surface area (Å²) >= 11 is 0. The van der Waals surface area contributed by atoms with Gasteiger partial charge in [0.1, 0.15) is 19.7 Å². The Morgan fingerprint density at radius 3 is 1.39 bits per heavy atom. The van der Waals surface area contributed by atoms with Crippen molar-refractivity contribution in [1.29, 1.82) is 0 Å². The molecule has 0 atom stereocenters. The first kappa shape index (κ1) is 24.8. The van der Waals surface area contributed by atoms with Crippen molar-refractivity contribution in [1.82, 2.24) is 0 Å². The molecule has 0 saturated heterocycles. The van der Waals surface area contributed by atoms with Crippen LogP contribution in [0.4, 0.5) is 22.0 Å². The van der Waals surface area contributed by atoms with E-state index in [1.165, 1.54) is 6.92 Å². The predicted molar refractivity (Wildman–Crippen MR) is 117 cm³/mol. The average Bonchev–Trinajstić information content (AvgIpc) is 2.69. The van der Waals surface area contributed by atoms with Gasteiger partial charge in [0.05, 0.1) is 11.1 Å². The molecular weight excluding hydrogens is 435 g/mol. The van der Waals surface area contributed by atoms with Gasteiger partial charge in [-0.3, -0.25) is 0 Å². The van der Waals surface area contributed by atoms with Crippen molar-refractivity contribution in [3.8, 4) is 22.5 Å². The Labute approximate surface area is 191 Å². The van der Waals surface area contributed by atoms with E-state index in [4.69, 9.17) is 0 Å². The zero-order valence-electron chi connectivity index (χ0n) is 19.9. The molecule has 0 unspecified atom stereocenters. The van der Waals surface area contributed by atoms with Crippen molar-refractivity contribution in [2.75, 3.05) is 0 Å². The van der Waals surface area contributed by atoms with Crippen molar-refractivity contribution in [2.45, 2.75) is 52.6 Å². The van der Waals surface area contributed by atoms with Crippen LogP contribution in [0.15, 0.2) is 36.7 Å². The minimum atomic E-state index is -5.20. The van der Waals surface area contributed by atoms with Gasteiger partial charge < -0.3 is 0 Å². The topological polar surface area (TPSA) is 7.76 Å². The highest BCUT2D eigenvalue weighted by Gasteiger charge is 2.43. The number of aromatic nitrogens is 2. The summed E-state index contributed by atoms with van der Waals surface area (Å²) in [5.41, 5.74) is -0.0648. The van der Waals surface area contributed by atoms with Crippen LogP contribution < -0.4 is 9.13 Å². The number of hydrogen-bond donors (Lipinski definition) is 0. The molecule has 2 aromatic heterocycles. The summed E-state index contributed by atoms with van der Waals surface area (Å²) < 4.78 is 76.0. The maximum absolute atomic E-state index is 15.5. The van der Waals surface area contributed by atoms with Gasteiger partial charge in [-0.15, -0.1) is 0 Å². The van der Waals surface area contributed by atoms with Crippen LogP contribution in [-0.4, -0.2) is 0 Å². The molecule has 0 spiro atoms. The van der Waals surface area contributed by atoms with E-state index in [9.17, 15) is 13.2 Å². The second-order valence-corrected chi connectivity index (χ2v) is 9.10. The predicted octanol–water partition coefficient (Wildman–Crippen LogP) is 6.52. The van der Waals surface area contributed by atoms with Gasteiger partial charge in [0.2, 0.25) is 11.4 Å². The first-order valence-electron chi connectivity index (χ1n) is 10.8. The lowest BCUT2D eigenvalue weighted by Crippen LogP contribution is -2.33. The number of nitrogens with zero attached hydrogens (tertiary/aromatic N) is 2. The quantitative estimate of drug-likeness (QED) is 0.307. The molecule has 7 heteroatoms. The first-order chi connectivity index (χ1) is 15.3. The van der Waals surface area contributed by atoms with Crippen LogP contribution in [0.1, 0.15) is 61.8 Å². The van der Waals surface area contributed by atoms with Crippen LogP contribution in [0, 0.1) is 18.6 Å². The third-order valence-corrected chi connectivity index (χ3v) is 6.10. The van der Waals surface area contributed by atoms with Crippen LogP contribution in [0.2, 0.25) is 0 Å². The molecule has 0 aliphatic carbocycles. The fourth-order valence-corrected chi connectivity index (χ4v) is 4.05. The fourth-order valence-electron chi connectivity index (χ4n) is 4.05. The van der Waals surface area contributed by atoms with E-state index in [-0.39, 0.29) is 39.9 Å².